The Balaban J connectivity index is 1.42. The van der Waals surface area contributed by atoms with Crippen LogP contribution in [-0.2, 0) is 9.53 Å². The molecule has 1 aliphatic heterocycles. The first-order chi connectivity index (χ1) is 21.5. The van der Waals surface area contributed by atoms with E-state index in [1.807, 2.05) is 70.4 Å². The van der Waals surface area contributed by atoms with Gasteiger partial charge in [0.15, 0.2) is 5.78 Å². The number of carbonyl (C=O) groups excluding carboxylic acids is 1. The Morgan fingerprint density at radius 2 is 1.67 bits per heavy atom. The number of piperazine rings is 1. The topological polar surface area (TPSA) is 71.5 Å². The SMILES string of the molecule is CC(=O)[C@@H](OC(C)(C)C)c1c(C)cc2nc(-c3ccnc(-c4ccc(N5CCN(C)CC5)nc4)c3)sc2c1-c1ccc(Cl)cc1. The number of carbonyl (C=O) groups is 1. The summed E-state index contributed by atoms with van der Waals surface area (Å²) < 4.78 is 7.39. The Bertz CT molecular complexity index is 1840. The molecular formula is C36H38ClN5O2S. The van der Waals surface area contributed by atoms with Crippen molar-refractivity contribution in [2.45, 2.75) is 46.3 Å². The molecule has 1 saturated heterocycles. The van der Waals surface area contributed by atoms with Crippen LogP contribution in [0, 0.1) is 6.92 Å². The fourth-order valence-electron chi connectivity index (χ4n) is 5.76. The molecule has 7 nitrogen and oxygen atoms in total. The first kappa shape index (κ1) is 31.3. The summed E-state index contributed by atoms with van der Waals surface area (Å²) in [4.78, 5) is 32.3. The molecule has 0 amide bonds. The van der Waals surface area contributed by atoms with Gasteiger partial charge in [0.1, 0.15) is 16.9 Å². The molecule has 3 aromatic heterocycles. The second-order valence-electron chi connectivity index (χ2n) is 12.7. The van der Waals surface area contributed by atoms with Crippen LogP contribution in [0.25, 0.3) is 43.2 Å². The fourth-order valence-corrected chi connectivity index (χ4v) is 7.00. The van der Waals surface area contributed by atoms with E-state index < -0.39 is 11.7 Å². The van der Waals surface area contributed by atoms with E-state index in [9.17, 15) is 4.79 Å². The maximum Gasteiger partial charge on any atom is 0.163 e. The second-order valence-corrected chi connectivity index (χ2v) is 14.1. The van der Waals surface area contributed by atoms with Crippen LogP contribution in [0.5, 0.6) is 0 Å². The van der Waals surface area contributed by atoms with Crippen molar-refractivity contribution >= 4 is 44.8 Å². The lowest BCUT2D eigenvalue weighted by atomic mass is 9.90. The van der Waals surface area contributed by atoms with Gasteiger partial charge < -0.3 is 14.5 Å². The normalized spacial score (nSPS) is 15.0. The highest BCUT2D eigenvalue weighted by Gasteiger charge is 2.30. The number of nitrogens with zero attached hydrogens (tertiary/aromatic N) is 5. The Kier molecular flexibility index (Phi) is 8.76. The van der Waals surface area contributed by atoms with Crippen LogP contribution in [0.15, 0.2) is 67.0 Å². The lowest BCUT2D eigenvalue weighted by molar-refractivity contribution is -0.138. The summed E-state index contributed by atoms with van der Waals surface area (Å²) in [5.41, 5.74) is 6.86. The number of thiazole rings is 1. The largest absolute Gasteiger partial charge is 0.360 e. The molecule has 0 spiro atoms. The number of halogens is 1. The Morgan fingerprint density at radius 1 is 0.956 bits per heavy atom. The van der Waals surface area contributed by atoms with E-state index in [1.54, 1.807) is 18.3 Å². The number of pyridine rings is 2. The monoisotopic (exact) mass is 639 g/mol. The number of rotatable bonds is 7. The highest BCUT2D eigenvalue weighted by Crippen LogP contribution is 2.44. The van der Waals surface area contributed by atoms with Crippen LogP contribution >= 0.6 is 22.9 Å². The van der Waals surface area contributed by atoms with Crippen LogP contribution in [-0.4, -0.2) is 64.5 Å². The Hall–Kier alpha value is -3.69. The van der Waals surface area contributed by atoms with Crippen molar-refractivity contribution in [3.63, 3.8) is 0 Å². The first-order valence-corrected chi connectivity index (χ1v) is 16.4. The standard InChI is InChI=1S/C36H38ClN5O2S/c1-22-19-29-34(32(24-7-10-27(37)11-8-24)31(22)33(23(2)43)44-36(3,4)5)45-35(40-29)25-13-14-38-28(20-25)26-9-12-30(39-21-26)42-17-15-41(6)16-18-42/h7-14,19-21,33H,15-18H2,1-6H3/t33-/m1/s1. The number of fused-ring (bicyclic) bond motifs is 1. The van der Waals surface area contributed by atoms with Crippen molar-refractivity contribution in [1.82, 2.24) is 19.9 Å². The molecule has 6 rings (SSSR count). The zero-order valence-electron chi connectivity index (χ0n) is 26.6. The van der Waals surface area contributed by atoms with Crippen molar-refractivity contribution in [3.8, 4) is 33.0 Å². The number of hydrogen-bond acceptors (Lipinski definition) is 8. The van der Waals surface area contributed by atoms with E-state index in [4.69, 9.17) is 26.3 Å². The number of Topliss-reactive ketones (excluding diaryl/α,β-unsaturated/α-hetero) is 1. The van der Waals surface area contributed by atoms with Crippen LogP contribution in [0.4, 0.5) is 5.82 Å². The van der Waals surface area contributed by atoms with E-state index in [0.29, 0.717) is 5.02 Å². The van der Waals surface area contributed by atoms with Gasteiger partial charge in [-0.15, -0.1) is 11.3 Å². The van der Waals surface area contributed by atoms with Gasteiger partial charge in [-0.05, 0) is 95.3 Å². The predicted molar refractivity (Wildman–Crippen MR) is 185 cm³/mol. The number of aryl methyl sites for hydroxylation is 1. The summed E-state index contributed by atoms with van der Waals surface area (Å²) in [6, 6.07) is 18.1. The third-order valence-corrected chi connectivity index (χ3v) is 9.43. The van der Waals surface area contributed by atoms with Crippen LogP contribution < -0.4 is 4.90 Å². The lowest BCUT2D eigenvalue weighted by Gasteiger charge is -2.33. The van der Waals surface area contributed by atoms with Crippen molar-refractivity contribution in [1.29, 1.82) is 0 Å². The average Bonchev–Trinajstić information content (AvgIpc) is 3.44. The Labute approximate surface area is 273 Å². The lowest BCUT2D eigenvalue weighted by Crippen LogP contribution is -2.44. The molecule has 1 fully saturated rings. The molecule has 9 heteroatoms. The highest BCUT2D eigenvalue weighted by atomic mass is 35.5. The summed E-state index contributed by atoms with van der Waals surface area (Å²) in [5, 5.41) is 1.53. The molecule has 2 aromatic carbocycles. The molecule has 0 unspecified atom stereocenters. The molecule has 1 aliphatic rings. The summed E-state index contributed by atoms with van der Waals surface area (Å²) in [6.45, 7) is 13.6. The highest BCUT2D eigenvalue weighted by molar-refractivity contribution is 7.22. The number of aromatic nitrogens is 3. The van der Waals surface area contributed by atoms with E-state index in [1.165, 1.54) is 0 Å². The van der Waals surface area contributed by atoms with Gasteiger partial charge in [-0.3, -0.25) is 9.78 Å². The van der Waals surface area contributed by atoms with Crippen LogP contribution in [0.3, 0.4) is 0 Å². The fraction of sp³-hybridized carbons (Fsp3) is 0.333. The molecule has 0 bridgehead atoms. The predicted octanol–water partition coefficient (Wildman–Crippen LogP) is 8.25. The number of anilines is 1. The number of likely N-dealkylation sites (N-methyl/N-ethyl adjacent to an activating group) is 1. The van der Waals surface area contributed by atoms with E-state index in [2.05, 4.69) is 46.1 Å². The van der Waals surface area contributed by atoms with Crippen molar-refractivity contribution < 1.29 is 9.53 Å². The Morgan fingerprint density at radius 3 is 2.31 bits per heavy atom. The molecule has 232 valence electrons. The minimum atomic E-state index is -0.723. The smallest absolute Gasteiger partial charge is 0.163 e. The van der Waals surface area contributed by atoms with E-state index >= 15 is 0 Å². The molecule has 0 N–H and O–H groups in total. The zero-order valence-corrected chi connectivity index (χ0v) is 28.2. The molecule has 0 radical (unpaired) electrons. The molecule has 5 aromatic rings. The second kappa shape index (κ2) is 12.6. The maximum atomic E-state index is 13.1. The van der Waals surface area contributed by atoms with Crippen LogP contribution in [0.1, 0.15) is 44.9 Å². The van der Waals surface area contributed by atoms with Gasteiger partial charge in [-0.25, -0.2) is 9.97 Å². The molecule has 0 saturated carbocycles. The molecule has 45 heavy (non-hydrogen) atoms. The zero-order chi connectivity index (χ0) is 31.9. The average molecular weight is 640 g/mol. The van der Waals surface area contributed by atoms with Gasteiger partial charge in [0.05, 0.1) is 21.5 Å². The van der Waals surface area contributed by atoms with Crippen molar-refractivity contribution in [2.75, 3.05) is 38.1 Å². The van der Waals surface area contributed by atoms with Gasteiger partial charge in [0.25, 0.3) is 0 Å². The number of hydrogen-bond donors (Lipinski definition) is 0. The van der Waals surface area contributed by atoms with Gasteiger partial charge in [0.2, 0.25) is 0 Å². The quantitative estimate of drug-likeness (QED) is 0.178. The summed E-state index contributed by atoms with van der Waals surface area (Å²) in [5.74, 6) is 0.952. The third kappa shape index (κ3) is 6.79. The molecule has 1 atom stereocenters. The van der Waals surface area contributed by atoms with Crippen molar-refractivity contribution in [2.24, 2.45) is 0 Å². The first-order valence-electron chi connectivity index (χ1n) is 15.2. The van der Waals surface area contributed by atoms with Gasteiger partial charge >= 0.3 is 0 Å². The van der Waals surface area contributed by atoms with E-state index in [-0.39, 0.29) is 5.78 Å². The van der Waals surface area contributed by atoms with E-state index in [0.717, 1.165) is 86.3 Å². The minimum Gasteiger partial charge on any atom is -0.360 e. The summed E-state index contributed by atoms with van der Waals surface area (Å²) in [6.07, 6.45) is 3.01. The van der Waals surface area contributed by atoms with Gasteiger partial charge in [-0.1, -0.05) is 23.7 Å². The molecule has 0 aliphatic carbocycles. The molecular weight excluding hydrogens is 602 g/mol. The van der Waals surface area contributed by atoms with Crippen molar-refractivity contribution in [3.05, 3.63) is 83.1 Å². The molecule has 4 heterocycles. The van der Waals surface area contributed by atoms with Gasteiger partial charge in [-0.2, -0.15) is 0 Å². The van der Waals surface area contributed by atoms with Gasteiger partial charge in [0, 0.05) is 65.8 Å². The number of ketones is 1. The third-order valence-electron chi connectivity index (χ3n) is 8.04. The summed E-state index contributed by atoms with van der Waals surface area (Å²) >= 11 is 7.89. The number of benzene rings is 2. The summed E-state index contributed by atoms with van der Waals surface area (Å²) in [7, 11) is 2.15. The van der Waals surface area contributed by atoms with Crippen LogP contribution in [0.2, 0.25) is 5.02 Å². The minimum absolute atomic E-state index is 0.0432. The number of ether oxygens (including phenoxy) is 1. The maximum absolute atomic E-state index is 13.1.